The molecule has 0 saturated heterocycles. The van der Waals surface area contributed by atoms with Crippen molar-refractivity contribution in [3.8, 4) is 5.75 Å². The maximum Gasteiger partial charge on any atom is 0.360 e. The number of rotatable bonds is 10. The number of hydrogen-bond acceptors (Lipinski definition) is 6. The monoisotopic (exact) mass is 452 g/mol. The number of nitrogens with zero attached hydrogens (tertiary/aromatic N) is 1. The van der Waals surface area contributed by atoms with Gasteiger partial charge in [-0.05, 0) is 29.7 Å². The van der Waals surface area contributed by atoms with Crippen molar-refractivity contribution in [1.82, 2.24) is 10.3 Å². The van der Waals surface area contributed by atoms with E-state index in [1.54, 1.807) is 12.1 Å². The molecule has 0 aliphatic carbocycles. The number of esters is 1. The summed E-state index contributed by atoms with van der Waals surface area (Å²) in [6.07, 6.45) is 1.83. The number of amides is 1. The molecule has 33 heavy (non-hydrogen) atoms. The van der Waals surface area contributed by atoms with Gasteiger partial charge in [0, 0.05) is 25.4 Å². The highest BCUT2D eigenvalue weighted by Crippen LogP contribution is 2.28. The van der Waals surface area contributed by atoms with Crippen molar-refractivity contribution < 1.29 is 28.2 Å². The van der Waals surface area contributed by atoms with Crippen molar-refractivity contribution in [3.05, 3.63) is 94.6 Å². The molecular formula is C25H25FN2O5. The van der Waals surface area contributed by atoms with Crippen LogP contribution in [0.2, 0.25) is 0 Å². The summed E-state index contributed by atoms with van der Waals surface area (Å²) in [5.74, 6) is -1.25. The number of nitrogens with one attached hydrogen (secondary N) is 1. The maximum atomic E-state index is 13.1. The molecule has 3 rings (SSSR count). The molecule has 1 aromatic heterocycles. The van der Waals surface area contributed by atoms with Gasteiger partial charge >= 0.3 is 5.97 Å². The summed E-state index contributed by atoms with van der Waals surface area (Å²) < 4.78 is 29.1. The van der Waals surface area contributed by atoms with Gasteiger partial charge in [0.25, 0.3) is 5.91 Å². The standard InChI is InChI=1S/C25H25FN2O5/c1-31-16-21-20(24(29)27-13-12-17-8-10-19(26)11-9-17)14-28-22(25(30)32-2)23(21)33-15-18-6-4-3-5-7-18/h3-11,14H,12-13,15-16H2,1-2H3,(H,27,29). The number of halogens is 1. The van der Waals surface area contributed by atoms with E-state index in [2.05, 4.69) is 10.3 Å². The lowest BCUT2D eigenvalue weighted by molar-refractivity contribution is 0.0586. The van der Waals surface area contributed by atoms with Crippen LogP contribution in [0.3, 0.4) is 0 Å². The topological polar surface area (TPSA) is 86.8 Å². The zero-order chi connectivity index (χ0) is 23.6. The molecule has 172 valence electrons. The number of pyridine rings is 1. The summed E-state index contributed by atoms with van der Waals surface area (Å²) in [6.45, 7) is 0.520. The Morgan fingerprint density at radius 3 is 2.36 bits per heavy atom. The predicted octanol–water partition coefficient (Wildman–Crippen LogP) is 3.71. The normalized spacial score (nSPS) is 10.5. The van der Waals surface area contributed by atoms with E-state index in [1.807, 2.05) is 30.3 Å². The molecule has 0 saturated carbocycles. The molecule has 0 radical (unpaired) electrons. The van der Waals surface area contributed by atoms with Gasteiger partial charge in [-0.2, -0.15) is 0 Å². The third-order valence-electron chi connectivity index (χ3n) is 4.89. The van der Waals surface area contributed by atoms with E-state index in [1.165, 1.54) is 32.5 Å². The minimum absolute atomic E-state index is 0.0252. The molecule has 1 amide bonds. The maximum absolute atomic E-state index is 13.1. The molecule has 0 spiro atoms. The van der Waals surface area contributed by atoms with Gasteiger partial charge in [0.1, 0.15) is 12.4 Å². The zero-order valence-electron chi connectivity index (χ0n) is 18.5. The van der Waals surface area contributed by atoms with Crippen LogP contribution in [-0.2, 0) is 29.1 Å². The summed E-state index contributed by atoms with van der Waals surface area (Å²) in [4.78, 5) is 29.4. The van der Waals surface area contributed by atoms with E-state index in [-0.39, 0.29) is 36.0 Å². The molecule has 0 atom stereocenters. The molecule has 0 aliphatic rings. The number of carbonyl (C=O) groups excluding carboxylic acids is 2. The molecule has 1 N–H and O–H groups in total. The fraction of sp³-hybridized carbons (Fsp3) is 0.240. The smallest absolute Gasteiger partial charge is 0.360 e. The van der Waals surface area contributed by atoms with Crippen LogP contribution in [0.5, 0.6) is 5.75 Å². The van der Waals surface area contributed by atoms with E-state index in [9.17, 15) is 14.0 Å². The van der Waals surface area contributed by atoms with Crippen molar-refractivity contribution >= 4 is 11.9 Å². The summed E-state index contributed by atoms with van der Waals surface area (Å²) in [7, 11) is 2.73. The highest BCUT2D eigenvalue weighted by atomic mass is 19.1. The van der Waals surface area contributed by atoms with Gasteiger partial charge < -0.3 is 19.5 Å². The third-order valence-corrected chi connectivity index (χ3v) is 4.89. The molecule has 3 aromatic rings. The van der Waals surface area contributed by atoms with Crippen LogP contribution in [0.1, 0.15) is 37.5 Å². The fourth-order valence-electron chi connectivity index (χ4n) is 3.21. The molecular weight excluding hydrogens is 427 g/mol. The van der Waals surface area contributed by atoms with Crippen LogP contribution in [0.4, 0.5) is 4.39 Å². The average Bonchev–Trinajstić information content (AvgIpc) is 2.84. The van der Waals surface area contributed by atoms with Crippen LogP contribution in [0.15, 0.2) is 60.8 Å². The van der Waals surface area contributed by atoms with Gasteiger partial charge in [-0.3, -0.25) is 4.79 Å². The van der Waals surface area contributed by atoms with Crippen LogP contribution in [0, 0.1) is 5.82 Å². The molecule has 0 aliphatic heterocycles. The second-order valence-electron chi connectivity index (χ2n) is 7.16. The minimum atomic E-state index is -0.682. The lowest BCUT2D eigenvalue weighted by atomic mass is 10.1. The first kappa shape index (κ1) is 23.9. The number of ether oxygens (including phenoxy) is 3. The van der Waals surface area contributed by atoms with Crippen LogP contribution in [-0.4, -0.2) is 37.6 Å². The van der Waals surface area contributed by atoms with Crippen molar-refractivity contribution in [1.29, 1.82) is 0 Å². The van der Waals surface area contributed by atoms with E-state index in [4.69, 9.17) is 14.2 Å². The average molecular weight is 452 g/mol. The third kappa shape index (κ3) is 6.36. The Balaban J connectivity index is 1.84. The fourth-order valence-corrected chi connectivity index (χ4v) is 3.21. The molecule has 0 unspecified atom stereocenters. The SMILES string of the molecule is COCc1c(C(=O)NCCc2ccc(F)cc2)cnc(C(=O)OC)c1OCc1ccccc1. The predicted molar refractivity (Wildman–Crippen MR) is 120 cm³/mol. The van der Waals surface area contributed by atoms with Crippen LogP contribution < -0.4 is 10.1 Å². The Morgan fingerprint density at radius 2 is 1.70 bits per heavy atom. The summed E-state index contributed by atoms with van der Waals surface area (Å²) >= 11 is 0. The van der Waals surface area contributed by atoms with E-state index in [0.717, 1.165) is 11.1 Å². The largest absolute Gasteiger partial charge is 0.486 e. The number of carbonyl (C=O) groups is 2. The van der Waals surface area contributed by atoms with Gasteiger partial charge in [0.05, 0.1) is 19.3 Å². The molecule has 0 fully saturated rings. The minimum Gasteiger partial charge on any atom is -0.486 e. The number of aromatic nitrogens is 1. The van der Waals surface area contributed by atoms with Crippen molar-refractivity contribution in [3.63, 3.8) is 0 Å². The Morgan fingerprint density at radius 1 is 0.970 bits per heavy atom. The summed E-state index contributed by atoms with van der Waals surface area (Å²) in [6, 6.07) is 15.5. The van der Waals surface area contributed by atoms with Crippen molar-refractivity contribution in [2.45, 2.75) is 19.6 Å². The van der Waals surface area contributed by atoms with E-state index >= 15 is 0 Å². The van der Waals surface area contributed by atoms with Crippen molar-refractivity contribution in [2.24, 2.45) is 0 Å². The Labute approximate surface area is 191 Å². The van der Waals surface area contributed by atoms with E-state index in [0.29, 0.717) is 18.5 Å². The Bertz CT molecular complexity index is 1090. The number of benzene rings is 2. The van der Waals surface area contributed by atoms with Crippen LogP contribution in [0.25, 0.3) is 0 Å². The van der Waals surface area contributed by atoms with Gasteiger partial charge in [-0.15, -0.1) is 0 Å². The second-order valence-corrected chi connectivity index (χ2v) is 7.16. The van der Waals surface area contributed by atoms with Gasteiger partial charge in [0.2, 0.25) is 0 Å². The molecule has 8 heteroatoms. The summed E-state index contributed by atoms with van der Waals surface area (Å²) in [5, 5.41) is 2.82. The molecule has 2 aromatic carbocycles. The zero-order valence-corrected chi connectivity index (χ0v) is 18.5. The summed E-state index contributed by atoms with van der Waals surface area (Å²) in [5.41, 5.74) is 2.35. The first-order valence-electron chi connectivity index (χ1n) is 10.3. The number of hydrogen-bond donors (Lipinski definition) is 1. The lowest BCUT2D eigenvalue weighted by Crippen LogP contribution is -2.28. The van der Waals surface area contributed by atoms with Crippen molar-refractivity contribution in [2.75, 3.05) is 20.8 Å². The van der Waals surface area contributed by atoms with Gasteiger partial charge in [0.15, 0.2) is 11.4 Å². The van der Waals surface area contributed by atoms with Gasteiger partial charge in [-0.1, -0.05) is 42.5 Å². The Hall–Kier alpha value is -3.78. The second kappa shape index (κ2) is 11.7. The molecule has 0 bridgehead atoms. The number of methoxy groups -OCH3 is 2. The lowest BCUT2D eigenvalue weighted by Gasteiger charge is -2.17. The van der Waals surface area contributed by atoms with E-state index < -0.39 is 11.9 Å². The highest BCUT2D eigenvalue weighted by Gasteiger charge is 2.25. The highest BCUT2D eigenvalue weighted by molar-refractivity contribution is 5.98. The Kier molecular flexibility index (Phi) is 8.49. The first-order valence-corrected chi connectivity index (χ1v) is 10.3. The van der Waals surface area contributed by atoms with Gasteiger partial charge in [-0.25, -0.2) is 14.2 Å². The van der Waals surface area contributed by atoms with Crippen LogP contribution >= 0.6 is 0 Å². The molecule has 7 nitrogen and oxygen atoms in total. The molecule has 1 heterocycles. The first-order chi connectivity index (χ1) is 16.0. The quantitative estimate of drug-likeness (QED) is 0.472.